The van der Waals surface area contributed by atoms with Gasteiger partial charge in [0.2, 0.25) is 0 Å². The molecule has 0 aromatic carbocycles. The van der Waals surface area contributed by atoms with Gasteiger partial charge >= 0.3 is 0 Å². The molecule has 0 bridgehead atoms. The molecule has 0 fully saturated rings. The quantitative estimate of drug-likeness (QED) is 0.652. The Morgan fingerprint density at radius 2 is 2.18 bits per heavy atom. The van der Waals surface area contributed by atoms with Crippen LogP contribution in [0.25, 0.3) is 6.08 Å². The monoisotopic (exact) mass is 300 g/mol. The molecule has 1 atom stereocenters. The summed E-state index contributed by atoms with van der Waals surface area (Å²) < 4.78 is 5.31. The van der Waals surface area contributed by atoms with E-state index in [9.17, 15) is 4.79 Å². The maximum Gasteiger partial charge on any atom is 0.178 e. The molecule has 0 aliphatic heterocycles. The van der Waals surface area contributed by atoms with Crippen molar-refractivity contribution in [3.63, 3.8) is 0 Å². The van der Waals surface area contributed by atoms with Crippen molar-refractivity contribution in [3.8, 4) is 0 Å². The highest BCUT2D eigenvalue weighted by molar-refractivity contribution is 6.01. The predicted molar refractivity (Wildman–Crippen MR) is 88.1 cm³/mol. The van der Waals surface area contributed by atoms with E-state index in [0.717, 1.165) is 12.8 Å². The fourth-order valence-corrected chi connectivity index (χ4v) is 2.96. The lowest BCUT2D eigenvalue weighted by Crippen LogP contribution is -2.26. The van der Waals surface area contributed by atoms with Crippen molar-refractivity contribution in [2.45, 2.75) is 40.2 Å². The van der Waals surface area contributed by atoms with Gasteiger partial charge in [-0.25, -0.2) is 0 Å². The van der Waals surface area contributed by atoms with Gasteiger partial charge in [0, 0.05) is 5.92 Å². The van der Waals surface area contributed by atoms with E-state index in [0.29, 0.717) is 17.4 Å². The first-order valence-electron chi connectivity index (χ1n) is 7.69. The van der Waals surface area contributed by atoms with E-state index >= 15 is 0 Å². The summed E-state index contributed by atoms with van der Waals surface area (Å²) in [6.45, 7) is 6.50. The Morgan fingerprint density at radius 1 is 1.41 bits per heavy atom. The zero-order valence-corrected chi connectivity index (χ0v) is 13.5. The van der Waals surface area contributed by atoms with Crippen molar-refractivity contribution >= 4 is 11.9 Å². The summed E-state index contributed by atoms with van der Waals surface area (Å²) in [5.74, 6) is 1.31. The van der Waals surface area contributed by atoms with E-state index in [2.05, 4.69) is 26.8 Å². The molecular formula is C19H24O3. The van der Waals surface area contributed by atoms with Gasteiger partial charge in [-0.3, -0.25) is 4.79 Å². The highest BCUT2D eigenvalue weighted by atomic mass is 16.4. The SMILES string of the molecule is CC1=CCCC(C)(C)C1/C=C/C(=O)/C=C/c1ccc(CO)o1. The molecule has 118 valence electrons. The van der Waals surface area contributed by atoms with E-state index in [1.807, 2.05) is 6.08 Å². The fourth-order valence-electron chi connectivity index (χ4n) is 2.96. The van der Waals surface area contributed by atoms with Crippen molar-refractivity contribution in [1.29, 1.82) is 0 Å². The zero-order chi connectivity index (χ0) is 16.2. The Labute approximate surface area is 132 Å². The first-order chi connectivity index (χ1) is 10.4. The van der Waals surface area contributed by atoms with Crippen LogP contribution < -0.4 is 0 Å². The average Bonchev–Trinajstić information content (AvgIpc) is 2.92. The number of furan rings is 1. The topological polar surface area (TPSA) is 50.4 Å². The second-order valence-electron chi connectivity index (χ2n) is 6.51. The molecule has 2 rings (SSSR count). The third-order valence-corrected chi connectivity index (χ3v) is 4.29. The van der Waals surface area contributed by atoms with Crippen molar-refractivity contribution < 1.29 is 14.3 Å². The fraction of sp³-hybridized carbons (Fsp3) is 0.421. The lowest BCUT2D eigenvalue weighted by molar-refractivity contribution is -0.110. The number of hydrogen-bond acceptors (Lipinski definition) is 3. The summed E-state index contributed by atoms with van der Waals surface area (Å²) >= 11 is 0. The molecule has 22 heavy (non-hydrogen) atoms. The highest BCUT2D eigenvalue weighted by Gasteiger charge is 2.30. The Morgan fingerprint density at radius 3 is 2.82 bits per heavy atom. The zero-order valence-electron chi connectivity index (χ0n) is 13.5. The molecule has 1 unspecified atom stereocenters. The minimum absolute atomic E-state index is 0.0591. The molecule has 1 aliphatic carbocycles. The first kappa shape index (κ1) is 16.5. The van der Waals surface area contributed by atoms with Gasteiger partial charge in [-0.2, -0.15) is 0 Å². The summed E-state index contributed by atoms with van der Waals surface area (Å²) in [5, 5.41) is 8.93. The van der Waals surface area contributed by atoms with Crippen LogP contribution in [0.15, 0.2) is 46.4 Å². The molecule has 0 spiro atoms. The summed E-state index contributed by atoms with van der Waals surface area (Å²) in [4.78, 5) is 12.0. The number of ketones is 1. The Balaban J connectivity index is 2.01. The van der Waals surface area contributed by atoms with Gasteiger partial charge in [0.15, 0.2) is 5.78 Å². The summed E-state index contributed by atoms with van der Waals surface area (Å²) in [5.41, 5.74) is 1.53. The summed E-state index contributed by atoms with van der Waals surface area (Å²) in [6.07, 6.45) is 11.3. The van der Waals surface area contributed by atoms with Crippen LogP contribution in [0.3, 0.4) is 0 Å². The third-order valence-electron chi connectivity index (χ3n) is 4.29. The summed E-state index contributed by atoms with van der Waals surface area (Å²) in [7, 11) is 0. The van der Waals surface area contributed by atoms with Gasteiger partial charge in [0.05, 0.1) is 0 Å². The highest BCUT2D eigenvalue weighted by Crippen LogP contribution is 2.41. The van der Waals surface area contributed by atoms with Crippen molar-refractivity contribution in [3.05, 3.63) is 53.5 Å². The molecule has 1 N–H and O–H groups in total. The molecule has 0 radical (unpaired) electrons. The molecule has 1 aromatic rings. The van der Waals surface area contributed by atoms with E-state index in [-0.39, 0.29) is 17.8 Å². The molecule has 0 saturated heterocycles. The van der Waals surface area contributed by atoms with Gasteiger partial charge in [0.1, 0.15) is 18.1 Å². The van der Waals surface area contributed by atoms with Crippen molar-refractivity contribution in [2.24, 2.45) is 11.3 Å². The van der Waals surface area contributed by atoms with E-state index in [1.165, 1.54) is 11.6 Å². The van der Waals surface area contributed by atoms with Crippen LogP contribution in [0.5, 0.6) is 0 Å². The third kappa shape index (κ3) is 4.08. The second kappa shape index (κ2) is 6.93. The van der Waals surface area contributed by atoms with Crippen LogP contribution in [0.4, 0.5) is 0 Å². The number of hydrogen-bond donors (Lipinski definition) is 1. The predicted octanol–water partition coefficient (Wildman–Crippen LogP) is 4.29. The van der Waals surface area contributed by atoms with E-state index in [4.69, 9.17) is 9.52 Å². The van der Waals surface area contributed by atoms with Crippen molar-refractivity contribution in [1.82, 2.24) is 0 Å². The number of rotatable bonds is 5. The molecule has 0 saturated carbocycles. The second-order valence-corrected chi connectivity index (χ2v) is 6.51. The Bertz CT molecular complexity index is 614. The van der Waals surface area contributed by atoms with Gasteiger partial charge in [-0.1, -0.05) is 31.6 Å². The lowest BCUT2D eigenvalue weighted by atomic mass is 9.68. The number of aliphatic hydroxyl groups excluding tert-OH is 1. The van der Waals surface area contributed by atoms with Gasteiger partial charge in [-0.05, 0) is 55.5 Å². The van der Waals surface area contributed by atoms with Crippen LogP contribution in [-0.4, -0.2) is 10.9 Å². The van der Waals surface area contributed by atoms with Crippen LogP contribution in [0.1, 0.15) is 45.1 Å². The average molecular weight is 300 g/mol. The van der Waals surface area contributed by atoms with Gasteiger partial charge in [0.25, 0.3) is 0 Å². The number of carbonyl (C=O) groups excluding carboxylic acids is 1. The van der Waals surface area contributed by atoms with Crippen LogP contribution in [0, 0.1) is 11.3 Å². The maximum atomic E-state index is 12.0. The minimum atomic E-state index is -0.135. The number of carbonyl (C=O) groups is 1. The van der Waals surface area contributed by atoms with Crippen LogP contribution in [0.2, 0.25) is 0 Å². The smallest absolute Gasteiger partial charge is 0.178 e. The largest absolute Gasteiger partial charge is 0.459 e. The lowest BCUT2D eigenvalue weighted by Gasteiger charge is -2.36. The van der Waals surface area contributed by atoms with Crippen LogP contribution in [-0.2, 0) is 11.4 Å². The van der Waals surface area contributed by atoms with Crippen molar-refractivity contribution in [2.75, 3.05) is 0 Å². The summed E-state index contributed by atoms with van der Waals surface area (Å²) in [6, 6.07) is 3.43. The standard InChI is InChI=1S/C19H24O3/c1-14-5-4-12-19(2,3)18(14)11-7-15(21)6-8-16-9-10-17(13-20)22-16/h5-11,18,20H,4,12-13H2,1-3H3/b8-6+,11-7+. The van der Waals surface area contributed by atoms with Gasteiger partial charge in [-0.15, -0.1) is 0 Å². The maximum absolute atomic E-state index is 12.0. The van der Waals surface area contributed by atoms with Gasteiger partial charge < -0.3 is 9.52 Å². The normalized spacial score (nSPS) is 21.5. The Kier molecular flexibility index (Phi) is 5.19. The minimum Gasteiger partial charge on any atom is -0.459 e. The molecule has 1 aliphatic rings. The van der Waals surface area contributed by atoms with E-state index in [1.54, 1.807) is 24.3 Å². The first-order valence-corrected chi connectivity index (χ1v) is 7.69. The van der Waals surface area contributed by atoms with E-state index < -0.39 is 0 Å². The number of aliphatic hydroxyl groups is 1. The Hall–Kier alpha value is -1.87. The molecule has 1 heterocycles. The molecule has 3 heteroatoms. The molecule has 1 aromatic heterocycles. The molecular weight excluding hydrogens is 276 g/mol. The molecule has 3 nitrogen and oxygen atoms in total. The number of allylic oxidation sites excluding steroid dienone is 5. The van der Waals surface area contributed by atoms with Crippen LogP contribution >= 0.6 is 0 Å². The molecule has 0 amide bonds.